The van der Waals surface area contributed by atoms with Gasteiger partial charge in [0.1, 0.15) is 0 Å². The topological polar surface area (TPSA) is 32.3 Å². The molecule has 1 aliphatic rings. The van der Waals surface area contributed by atoms with E-state index in [1.54, 1.807) is 0 Å². The Balaban J connectivity index is 1.96. The highest BCUT2D eigenvalue weighted by molar-refractivity contribution is 5.94. The number of carbonyl (C=O) groups is 1. The summed E-state index contributed by atoms with van der Waals surface area (Å²) in [5.41, 5.74) is -0.235. The molecule has 1 fully saturated rings. The highest BCUT2D eigenvalue weighted by Crippen LogP contribution is 2.16. The van der Waals surface area contributed by atoms with Gasteiger partial charge in [0, 0.05) is 12.6 Å². The average Bonchev–Trinajstić information content (AvgIpc) is 2.86. The van der Waals surface area contributed by atoms with Crippen LogP contribution in [0.15, 0.2) is 18.2 Å². The Kier molecular flexibility index (Phi) is 4.47. The number of carbonyl (C=O) groups excluding carboxylic acids is 1. The van der Waals surface area contributed by atoms with Gasteiger partial charge < -0.3 is 5.32 Å². The summed E-state index contributed by atoms with van der Waals surface area (Å²) >= 11 is 0. The number of hydrogen-bond donors (Lipinski definition) is 1. The second-order valence-electron chi connectivity index (χ2n) is 4.74. The molecular weight excluding hydrogens is 250 g/mol. The normalized spacial score (nSPS) is 19.6. The maximum absolute atomic E-state index is 13.4. The maximum Gasteiger partial charge on any atom is 0.254 e. The molecule has 1 amide bonds. The quantitative estimate of drug-likeness (QED) is 0.907. The van der Waals surface area contributed by atoms with Crippen LogP contribution in [-0.4, -0.2) is 36.5 Å². The van der Waals surface area contributed by atoms with E-state index in [1.807, 2.05) is 0 Å². The first-order chi connectivity index (χ1) is 9.13. The number of rotatable bonds is 4. The largest absolute Gasteiger partial charge is 0.350 e. The molecule has 1 saturated heterocycles. The molecule has 5 heteroatoms. The summed E-state index contributed by atoms with van der Waals surface area (Å²) in [6, 6.07) is 3.92. The molecular formula is C14H18F2N2O. The first kappa shape index (κ1) is 13.9. The first-order valence-electron chi connectivity index (χ1n) is 6.59. The maximum atomic E-state index is 13.4. The van der Waals surface area contributed by atoms with Crippen molar-refractivity contribution in [3.8, 4) is 0 Å². The van der Waals surface area contributed by atoms with Gasteiger partial charge in [0.25, 0.3) is 5.91 Å². The van der Waals surface area contributed by atoms with E-state index in [-0.39, 0.29) is 5.56 Å². The van der Waals surface area contributed by atoms with E-state index in [9.17, 15) is 13.6 Å². The number of likely N-dealkylation sites (tertiary alicyclic amines) is 1. The fraction of sp³-hybridized carbons (Fsp3) is 0.500. The van der Waals surface area contributed by atoms with Crippen LogP contribution in [-0.2, 0) is 0 Å². The van der Waals surface area contributed by atoms with E-state index in [0.717, 1.165) is 32.0 Å². The number of benzene rings is 1. The van der Waals surface area contributed by atoms with Crippen molar-refractivity contribution in [2.75, 3.05) is 19.6 Å². The zero-order valence-corrected chi connectivity index (χ0v) is 11.0. The average molecular weight is 268 g/mol. The van der Waals surface area contributed by atoms with Crippen LogP contribution in [0.4, 0.5) is 8.78 Å². The van der Waals surface area contributed by atoms with E-state index in [4.69, 9.17) is 0 Å². The Morgan fingerprint density at radius 1 is 1.47 bits per heavy atom. The summed E-state index contributed by atoms with van der Waals surface area (Å²) in [6.45, 7) is 4.52. The summed E-state index contributed by atoms with van der Waals surface area (Å²) in [4.78, 5) is 14.1. The van der Waals surface area contributed by atoms with Gasteiger partial charge in [-0.05, 0) is 38.1 Å². The SMILES string of the molecule is CCN1CCCC1CNC(=O)c1cccc(F)c1F. The lowest BCUT2D eigenvalue weighted by Crippen LogP contribution is -2.40. The van der Waals surface area contributed by atoms with Crippen molar-refractivity contribution < 1.29 is 13.6 Å². The third-order valence-electron chi connectivity index (χ3n) is 3.60. The summed E-state index contributed by atoms with van der Waals surface area (Å²) in [5.74, 6) is -2.64. The van der Waals surface area contributed by atoms with Crippen molar-refractivity contribution in [1.29, 1.82) is 0 Å². The molecule has 19 heavy (non-hydrogen) atoms. The zero-order valence-electron chi connectivity index (χ0n) is 11.0. The van der Waals surface area contributed by atoms with Crippen molar-refractivity contribution >= 4 is 5.91 Å². The van der Waals surface area contributed by atoms with Crippen molar-refractivity contribution in [1.82, 2.24) is 10.2 Å². The number of hydrogen-bond acceptors (Lipinski definition) is 2. The van der Waals surface area contributed by atoms with Gasteiger partial charge in [0.05, 0.1) is 5.56 Å². The lowest BCUT2D eigenvalue weighted by atomic mass is 10.1. The lowest BCUT2D eigenvalue weighted by Gasteiger charge is -2.22. The molecule has 0 aliphatic carbocycles. The van der Waals surface area contributed by atoms with E-state index in [0.29, 0.717) is 12.6 Å². The van der Waals surface area contributed by atoms with Crippen molar-refractivity contribution in [2.24, 2.45) is 0 Å². The van der Waals surface area contributed by atoms with E-state index in [2.05, 4.69) is 17.1 Å². The number of nitrogens with one attached hydrogen (secondary N) is 1. The number of amides is 1. The standard InChI is InChI=1S/C14H18F2N2O/c1-2-18-8-4-5-10(18)9-17-14(19)11-6-3-7-12(15)13(11)16/h3,6-7,10H,2,4-5,8-9H2,1H3,(H,17,19). The van der Waals surface area contributed by atoms with Crippen LogP contribution >= 0.6 is 0 Å². The van der Waals surface area contributed by atoms with Crippen LogP contribution in [0.1, 0.15) is 30.1 Å². The molecule has 1 aliphatic heterocycles. The minimum Gasteiger partial charge on any atom is -0.350 e. The highest BCUT2D eigenvalue weighted by Gasteiger charge is 2.24. The number of halogens is 2. The molecule has 0 radical (unpaired) electrons. The van der Waals surface area contributed by atoms with Crippen LogP contribution in [0.5, 0.6) is 0 Å². The summed E-state index contributed by atoms with van der Waals surface area (Å²) in [5, 5.41) is 2.69. The third-order valence-corrected chi connectivity index (χ3v) is 3.60. The van der Waals surface area contributed by atoms with Gasteiger partial charge in [-0.1, -0.05) is 13.0 Å². The van der Waals surface area contributed by atoms with Crippen LogP contribution in [0, 0.1) is 11.6 Å². The van der Waals surface area contributed by atoms with Gasteiger partial charge in [-0.25, -0.2) is 8.78 Å². The lowest BCUT2D eigenvalue weighted by molar-refractivity contribution is 0.0936. The third kappa shape index (κ3) is 3.10. The molecule has 1 aromatic rings. The fourth-order valence-corrected chi connectivity index (χ4v) is 2.53. The molecule has 1 atom stereocenters. The zero-order chi connectivity index (χ0) is 13.8. The molecule has 2 rings (SSSR count). The Morgan fingerprint density at radius 2 is 2.26 bits per heavy atom. The molecule has 0 aromatic heterocycles. The van der Waals surface area contributed by atoms with Crippen molar-refractivity contribution in [3.63, 3.8) is 0 Å². The number of likely N-dealkylation sites (N-methyl/N-ethyl adjacent to an activating group) is 1. The monoisotopic (exact) mass is 268 g/mol. The van der Waals surface area contributed by atoms with Crippen molar-refractivity contribution in [3.05, 3.63) is 35.4 Å². The number of nitrogens with zero attached hydrogens (tertiary/aromatic N) is 1. The second-order valence-corrected chi connectivity index (χ2v) is 4.74. The minimum absolute atomic E-state index is 0.235. The molecule has 104 valence electrons. The molecule has 0 spiro atoms. The van der Waals surface area contributed by atoms with Crippen molar-refractivity contribution in [2.45, 2.75) is 25.8 Å². The predicted molar refractivity (Wildman–Crippen MR) is 69.0 cm³/mol. The Labute approximate surface area is 111 Å². The smallest absolute Gasteiger partial charge is 0.254 e. The van der Waals surface area contributed by atoms with Gasteiger partial charge in [0.15, 0.2) is 11.6 Å². The molecule has 1 aromatic carbocycles. The Hall–Kier alpha value is -1.49. The minimum atomic E-state index is -1.08. The molecule has 0 bridgehead atoms. The van der Waals surface area contributed by atoms with Gasteiger partial charge in [-0.3, -0.25) is 9.69 Å². The fourth-order valence-electron chi connectivity index (χ4n) is 2.53. The van der Waals surface area contributed by atoms with Gasteiger partial charge in [-0.2, -0.15) is 0 Å². The first-order valence-corrected chi connectivity index (χ1v) is 6.59. The molecule has 0 saturated carbocycles. The van der Waals surface area contributed by atoms with Gasteiger partial charge in [0.2, 0.25) is 0 Å². The molecule has 3 nitrogen and oxygen atoms in total. The van der Waals surface area contributed by atoms with Gasteiger partial charge in [-0.15, -0.1) is 0 Å². The summed E-state index contributed by atoms with van der Waals surface area (Å²) in [6.07, 6.45) is 2.14. The van der Waals surface area contributed by atoms with Crippen LogP contribution in [0.25, 0.3) is 0 Å². The van der Waals surface area contributed by atoms with E-state index >= 15 is 0 Å². The predicted octanol–water partition coefficient (Wildman–Crippen LogP) is 2.18. The molecule has 1 unspecified atom stereocenters. The van der Waals surface area contributed by atoms with E-state index < -0.39 is 17.5 Å². The summed E-state index contributed by atoms with van der Waals surface area (Å²) in [7, 11) is 0. The Bertz CT molecular complexity index is 465. The second kappa shape index (κ2) is 6.10. The van der Waals surface area contributed by atoms with E-state index in [1.165, 1.54) is 12.1 Å². The Morgan fingerprint density at radius 3 is 3.00 bits per heavy atom. The van der Waals surface area contributed by atoms with Crippen LogP contribution < -0.4 is 5.32 Å². The highest BCUT2D eigenvalue weighted by atomic mass is 19.2. The molecule has 1 N–H and O–H groups in total. The summed E-state index contributed by atoms with van der Waals surface area (Å²) < 4.78 is 26.5. The van der Waals surface area contributed by atoms with Gasteiger partial charge >= 0.3 is 0 Å². The van der Waals surface area contributed by atoms with Crippen LogP contribution in [0.3, 0.4) is 0 Å². The van der Waals surface area contributed by atoms with Crippen LogP contribution in [0.2, 0.25) is 0 Å². The molecule has 1 heterocycles.